The molecule has 31 heavy (non-hydrogen) atoms. The number of fused-ring (bicyclic) bond motifs is 5. The van der Waals surface area contributed by atoms with E-state index in [4.69, 9.17) is 19.2 Å². The van der Waals surface area contributed by atoms with Crippen molar-refractivity contribution in [3.05, 3.63) is 29.6 Å². The largest absolute Gasteiger partial charge is 0.386 e. The summed E-state index contributed by atoms with van der Waals surface area (Å²) < 4.78 is 19.3. The third-order valence-corrected chi connectivity index (χ3v) is 7.95. The average molecular weight is 427 g/mol. The Labute approximate surface area is 186 Å². The minimum Gasteiger partial charge on any atom is -0.386 e. The summed E-state index contributed by atoms with van der Waals surface area (Å²) in [6.45, 7) is 13.1. The summed E-state index contributed by atoms with van der Waals surface area (Å²) in [7, 11) is 1.99. The van der Waals surface area contributed by atoms with Crippen LogP contribution in [0.3, 0.4) is 0 Å². The number of rotatable bonds is 3. The normalized spacial score (nSPS) is 40.4. The Morgan fingerprint density at radius 2 is 1.61 bits per heavy atom. The van der Waals surface area contributed by atoms with Gasteiger partial charge in [0, 0.05) is 18.7 Å². The highest BCUT2D eigenvalue weighted by Gasteiger charge is 2.68. The van der Waals surface area contributed by atoms with Gasteiger partial charge in [-0.05, 0) is 82.9 Å². The van der Waals surface area contributed by atoms with Crippen molar-refractivity contribution in [1.29, 1.82) is 0 Å². The number of ether oxygens (including phenoxy) is 3. The second-order valence-corrected chi connectivity index (χ2v) is 11.8. The second-order valence-electron chi connectivity index (χ2n) is 11.8. The van der Waals surface area contributed by atoms with E-state index in [0.29, 0.717) is 11.3 Å². The predicted octanol–water partition coefficient (Wildman–Crippen LogP) is 5.66. The van der Waals surface area contributed by atoms with Crippen molar-refractivity contribution >= 4 is 11.3 Å². The summed E-state index contributed by atoms with van der Waals surface area (Å²) in [5, 5.41) is 3.36. The lowest BCUT2D eigenvalue weighted by atomic mass is 9.77. The molecule has 1 aliphatic carbocycles. The van der Waals surface area contributed by atoms with Gasteiger partial charge in [-0.15, -0.1) is 0 Å². The molecule has 4 aliphatic rings. The maximum Gasteiger partial charge on any atom is 0.164 e. The highest BCUT2D eigenvalue weighted by Crippen LogP contribution is 2.58. The van der Waals surface area contributed by atoms with Gasteiger partial charge in [0.1, 0.15) is 12.2 Å². The molecule has 1 unspecified atom stereocenters. The van der Waals surface area contributed by atoms with Crippen LogP contribution in [0.1, 0.15) is 91.0 Å². The van der Waals surface area contributed by atoms with Gasteiger partial charge >= 0.3 is 0 Å². The van der Waals surface area contributed by atoms with E-state index < -0.39 is 5.79 Å². The van der Waals surface area contributed by atoms with Gasteiger partial charge in [0.25, 0.3) is 0 Å². The van der Waals surface area contributed by atoms with Crippen LogP contribution in [0.25, 0.3) is 5.57 Å². The van der Waals surface area contributed by atoms with Crippen LogP contribution in [-0.4, -0.2) is 41.2 Å². The fraction of sp³-hybridized carbons (Fsp3) is 0.731. The van der Waals surface area contributed by atoms with Gasteiger partial charge in [-0.1, -0.05) is 19.9 Å². The molecule has 3 saturated heterocycles. The molecule has 3 aliphatic heterocycles. The highest BCUT2D eigenvalue weighted by atomic mass is 16.8. The SMILES string of the molecule is CNc1ccc(C2C[C@@]3(C)O[C@@](C)(C2)[C@@H]2OC(C)(C)O[C@@H]23)nc1C1=CCC(C)(C)CC1. The summed E-state index contributed by atoms with van der Waals surface area (Å²) in [6.07, 6.45) is 7.55. The number of aromatic nitrogens is 1. The molecule has 0 radical (unpaired) electrons. The van der Waals surface area contributed by atoms with Crippen molar-refractivity contribution in [3.63, 3.8) is 0 Å². The van der Waals surface area contributed by atoms with Gasteiger partial charge in [-0.3, -0.25) is 4.98 Å². The van der Waals surface area contributed by atoms with Crippen LogP contribution in [0.2, 0.25) is 0 Å². The molecule has 170 valence electrons. The minimum atomic E-state index is -0.546. The van der Waals surface area contributed by atoms with Crippen molar-refractivity contribution in [3.8, 4) is 0 Å². The number of allylic oxidation sites excluding steroid dienone is 2. The summed E-state index contributed by atoms with van der Waals surface area (Å²) >= 11 is 0. The number of hydrogen-bond donors (Lipinski definition) is 1. The number of hydrogen-bond acceptors (Lipinski definition) is 5. The van der Waals surface area contributed by atoms with Crippen molar-refractivity contribution in [1.82, 2.24) is 4.98 Å². The molecule has 5 heteroatoms. The zero-order chi connectivity index (χ0) is 22.2. The molecule has 4 heterocycles. The molecule has 1 aromatic rings. The molecular formula is C26H38N2O3. The number of anilines is 1. The molecule has 0 aromatic carbocycles. The third kappa shape index (κ3) is 3.53. The lowest BCUT2D eigenvalue weighted by Crippen LogP contribution is -2.46. The maximum atomic E-state index is 6.60. The van der Waals surface area contributed by atoms with E-state index in [2.05, 4.69) is 51.2 Å². The van der Waals surface area contributed by atoms with Gasteiger partial charge in [-0.2, -0.15) is 0 Å². The quantitative estimate of drug-likeness (QED) is 0.676. The Bertz CT molecular complexity index is 895. The Morgan fingerprint density at radius 1 is 0.968 bits per heavy atom. The summed E-state index contributed by atoms with van der Waals surface area (Å²) in [5.74, 6) is -0.217. The smallest absolute Gasteiger partial charge is 0.164 e. The number of nitrogens with zero attached hydrogens (tertiary/aromatic N) is 1. The Hall–Kier alpha value is -1.43. The average Bonchev–Trinajstić information content (AvgIpc) is 3.10. The van der Waals surface area contributed by atoms with Gasteiger partial charge < -0.3 is 19.5 Å². The van der Waals surface area contributed by atoms with Crippen molar-refractivity contribution in [2.24, 2.45) is 5.41 Å². The second kappa shape index (κ2) is 6.79. The molecule has 0 saturated carbocycles. The van der Waals surface area contributed by atoms with E-state index in [1.165, 1.54) is 17.7 Å². The Balaban J connectivity index is 1.47. The number of pyridine rings is 1. The first-order valence-electron chi connectivity index (χ1n) is 11.9. The standard InChI is InChI=1S/C26H38N2O3/c1-23(2)12-10-16(11-13-23)20-19(27-7)9-8-18(28-20)17-14-25(5)21-22(26(6,15-17)31-25)30-24(3,4)29-21/h8-10,17,21-22,27H,11-15H2,1-7H3/t17?,21-,22+,25+,26-. The van der Waals surface area contributed by atoms with Gasteiger partial charge in [0.2, 0.25) is 0 Å². The lowest BCUT2D eigenvalue weighted by molar-refractivity contribution is -0.242. The van der Waals surface area contributed by atoms with Crippen molar-refractivity contribution in [2.45, 2.75) is 109 Å². The van der Waals surface area contributed by atoms with Crippen LogP contribution in [-0.2, 0) is 14.2 Å². The van der Waals surface area contributed by atoms with E-state index in [0.717, 1.165) is 37.1 Å². The predicted molar refractivity (Wildman–Crippen MR) is 123 cm³/mol. The van der Waals surface area contributed by atoms with Gasteiger partial charge in [0.05, 0.1) is 22.6 Å². The zero-order valence-electron chi connectivity index (χ0n) is 20.2. The Kier molecular flexibility index (Phi) is 4.69. The molecule has 3 fully saturated rings. The maximum absolute atomic E-state index is 6.60. The van der Waals surface area contributed by atoms with Crippen LogP contribution < -0.4 is 5.32 Å². The Morgan fingerprint density at radius 3 is 2.16 bits per heavy atom. The summed E-state index contributed by atoms with van der Waals surface area (Å²) in [5.41, 5.74) is 4.46. The van der Waals surface area contributed by atoms with Gasteiger partial charge in [-0.25, -0.2) is 0 Å². The molecular weight excluding hydrogens is 388 g/mol. The van der Waals surface area contributed by atoms with Crippen LogP contribution in [0.4, 0.5) is 5.69 Å². The first-order chi connectivity index (χ1) is 14.4. The molecule has 2 bridgehead atoms. The van der Waals surface area contributed by atoms with Crippen LogP contribution in [0, 0.1) is 5.41 Å². The molecule has 0 spiro atoms. The van der Waals surface area contributed by atoms with E-state index >= 15 is 0 Å². The summed E-state index contributed by atoms with van der Waals surface area (Å²) in [4.78, 5) is 5.25. The molecule has 1 N–H and O–H groups in total. The van der Waals surface area contributed by atoms with E-state index in [1.807, 2.05) is 20.9 Å². The van der Waals surface area contributed by atoms with E-state index in [-0.39, 0.29) is 23.4 Å². The monoisotopic (exact) mass is 426 g/mol. The first-order valence-corrected chi connectivity index (χ1v) is 11.9. The topological polar surface area (TPSA) is 52.6 Å². The zero-order valence-corrected chi connectivity index (χ0v) is 20.2. The fourth-order valence-electron chi connectivity index (χ4n) is 6.32. The molecule has 0 amide bonds. The molecule has 5 nitrogen and oxygen atoms in total. The van der Waals surface area contributed by atoms with E-state index in [9.17, 15) is 0 Å². The van der Waals surface area contributed by atoms with Crippen molar-refractivity contribution < 1.29 is 14.2 Å². The third-order valence-electron chi connectivity index (χ3n) is 7.95. The van der Waals surface area contributed by atoms with Crippen LogP contribution >= 0.6 is 0 Å². The van der Waals surface area contributed by atoms with Crippen LogP contribution in [0.15, 0.2) is 18.2 Å². The molecule has 5 atom stereocenters. The highest BCUT2D eigenvalue weighted by molar-refractivity contribution is 5.74. The minimum absolute atomic E-state index is 0.0307. The number of nitrogens with one attached hydrogen (secondary N) is 1. The summed E-state index contributed by atoms with van der Waals surface area (Å²) in [6, 6.07) is 4.41. The lowest BCUT2D eigenvalue weighted by Gasteiger charge is -2.43. The van der Waals surface area contributed by atoms with Crippen LogP contribution in [0.5, 0.6) is 0 Å². The molecule has 5 rings (SSSR count). The van der Waals surface area contributed by atoms with Crippen molar-refractivity contribution in [2.75, 3.05) is 12.4 Å². The molecule has 1 aromatic heterocycles. The first kappa shape index (κ1) is 21.4. The van der Waals surface area contributed by atoms with E-state index in [1.54, 1.807) is 0 Å². The van der Waals surface area contributed by atoms with Gasteiger partial charge in [0.15, 0.2) is 5.79 Å². The fourth-order valence-corrected chi connectivity index (χ4v) is 6.32.